The molecule has 1 N–H and O–H groups in total. The monoisotopic (exact) mass is 789 g/mol. The van der Waals surface area contributed by atoms with Crippen LogP contribution in [0.1, 0.15) is 92.6 Å². The number of allylic oxidation sites excluding steroid dienone is 2. The van der Waals surface area contributed by atoms with Crippen LogP contribution in [0.2, 0.25) is 0 Å². The summed E-state index contributed by atoms with van der Waals surface area (Å²) in [6, 6.07) is 3.01. The van der Waals surface area contributed by atoms with Crippen molar-refractivity contribution in [3.8, 4) is 5.88 Å². The molecule has 0 unspecified atom stereocenters. The second kappa shape index (κ2) is 14.7. The quantitative estimate of drug-likeness (QED) is 0.175. The molecule has 2 saturated carbocycles. The highest BCUT2D eigenvalue weighted by Crippen LogP contribution is 2.57. The molecular weight excluding hydrogens is 750 g/mol. The van der Waals surface area contributed by atoms with Gasteiger partial charge in [-0.15, -0.1) is 0 Å². The molecule has 2 amide bonds. The third kappa shape index (κ3) is 8.28. The van der Waals surface area contributed by atoms with Gasteiger partial charge < -0.3 is 14.2 Å². The maximum Gasteiger partial charge on any atom is 0.438 e. The highest BCUT2D eigenvalue weighted by Gasteiger charge is 2.61. The van der Waals surface area contributed by atoms with Gasteiger partial charge in [-0.25, -0.2) is 22.8 Å². The predicted octanol–water partition coefficient (Wildman–Crippen LogP) is 5.42. The number of halogens is 4. The molecular formula is C37H39F4N5O8S. The second-order valence-corrected chi connectivity index (χ2v) is 16.9. The van der Waals surface area contributed by atoms with Crippen LogP contribution in [-0.4, -0.2) is 75.8 Å². The number of Topliss-reactive ketones (excluding diaryl/α,β-unsaturated/α-hetero) is 2. The molecule has 4 heterocycles. The van der Waals surface area contributed by atoms with E-state index in [0.717, 1.165) is 24.6 Å². The lowest BCUT2D eigenvalue weighted by molar-refractivity contribution is -0.143. The van der Waals surface area contributed by atoms with E-state index in [4.69, 9.17) is 9.26 Å². The van der Waals surface area contributed by atoms with Crippen molar-refractivity contribution in [3.05, 3.63) is 59.4 Å². The first-order valence-corrected chi connectivity index (χ1v) is 19.8. The SMILES string of the molecule is Cc1cc(C(=O)C[C@H]2CCCCC/C=C\[C@@H]3C[C@@]3(C(=O)NS(=O)(=O)C3CC3)CC(=O)[C@@H]3C[C@@H](Oc4nc5cc(F)ccc5nc4C(F)(F)F)CN3C2=O)no1. The molecule has 5 atom stereocenters. The zero-order chi connectivity index (χ0) is 39.3. The number of ketones is 2. The van der Waals surface area contributed by atoms with Gasteiger partial charge in [0.1, 0.15) is 23.4 Å². The van der Waals surface area contributed by atoms with E-state index in [0.29, 0.717) is 37.9 Å². The van der Waals surface area contributed by atoms with E-state index in [2.05, 4.69) is 19.8 Å². The van der Waals surface area contributed by atoms with Crippen molar-refractivity contribution < 1.29 is 54.4 Å². The lowest BCUT2D eigenvalue weighted by Crippen LogP contribution is -2.46. The summed E-state index contributed by atoms with van der Waals surface area (Å²) in [7, 11) is -3.97. The summed E-state index contributed by atoms with van der Waals surface area (Å²) < 4.78 is 95.5. The summed E-state index contributed by atoms with van der Waals surface area (Å²) in [5.74, 6) is -5.32. The third-order valence-corrected chi connectivity index (χ3v) is 12.6. The maximum atomic E-state index is 14.5. The zero-order valence-electron chi connectivity index (χ0n) is 29.8. The normalized spacial score (nSPS) is 27.1. The Labute approximate surface area is 313 Å². The van der Waals surface area contributed by atoms with Crippen molar-refractivity contribution in [2.45, 2.75) is 101 Å². The molecule has 2 aromatic heterocycles. The molecule has 0 bridgehead atoms. The van der Waals surface area contributed by atoms with Crippen LogP contribution in [0, 0.1) is 30.0 Å². The summed E-state index contributed by atoms with van der Waals surface area (Å²) in [4.78, 5) is 64.6. The zero-order valence-corrected chi connectivity index (χ0v) is 30.6. The fourth-order valence-electron chi connectivity index (χ4n) is 7.58. The minimum atomic E-state index is -5.04. The van der Waals surface area contributed by atoms with Gasteiger partial charge >= 0.3 is 6.18 Å². The van der Waals surface area contributed by atoms with Gasteiger partial charge in [-0.1, -0.05) is 30.2 Å². The Balaban J connectivity index is 1.22. The Morgan fingerprint density at radius 1 is 1.07 bits per heavy atom. The van der Waals surface area contributed by atoms with E-state index in [1.165, 1.54) is 11.0 Å². The van der Waals surface area contributed by atoms with Crippen molar-refractivity contribution in [3.63, 3.8) is 0 Å². The number of carbonyl (C=O) groups is 4. The van der Waals surface area contributed by atoms with Crippen molar-refractivity contribution in [1.82, 2.24) is 24.7 Å². The van der Waals surface area contributed by atoms with Crippen molar-refractivity contribution in [2.24, 2.45) is 17.3 Å². The number of aryl methyl sites for hydroxylation is 1. The summed E-state index contributed by atoms with van der Waals surface area (Å²) >= 11 is 0. The lowest BCUT2D eigenvalue weighted by atomic mass is 9.90. The van der Waals surface area contributed by atoms with Gasteiger partial charge in [-0.05, 0) is 63.5 Å². The van der Waals surface area contributed by atoms with Gasteiger partial charge in [0.05, 0.1) is 34.3 Å². The van der Waals surface area contributed by atoms with Gasteiger partial charge in [0.2, 0.25) is 33.4 Å². The molecule has 18 heteroatoms. The van der Waals surface area contributed by atoms with E-state index in [1.807, 2.05) is 6.08 Å². The minimum absolute atomic E-state index is 0.0152. The Bertz CT molecular complexity index is 2170. The summed E-state index contributed by atoms with van der Waals surface area (Å²) in [5, 5.41) is 3.07. The fourth-order valence-corrected chi connectivity index (χ4v) is 8.97. The van der Waals surface area contributed by atoms with Crippen LogP contribution in [-0.2, 0) is 30.6 Å². The van der Waals surface area contributed by atoms with E-state index in [-0.39, 0.29) is 49.0 Å². The summed E-state index contributed by atoms with van der Waals surface area (Å²) in [6.07, 6.45) is 0.151. The van der Waals surface area contributed by atoms with Crippen LogP contribution < -0.4 is 9.46 Å². The average Bonchev–Trinajstić information content (AvgIpc) is 4.01. The molecule has 2 aliphatic carbocycles. The van der Waals surface area contributed by atoms with Crippen molar-refractivity contribution in [1.29, 1.82) is 0 Å². The molecule has 1 saturated heterocycles. The lowest BCUT2D eigenvalue weighted by Gasteiger charge is -2.29. The number of benzene rings is 1. The van der Waals surface area contributed by atoms with E-state index < -0.39 is 98.0 Å². The number of nitrogens with zero attached hydrogens (tertiary/aromatic N) is 4. The van der Waals surface area contributed by atoms with Crippen LogP contribution in [0.4, 0.5) is 17.6 Å². The van der Waals surface area contributed by atoms with E-state index in [9.17, 15) is 45.2 Å². The average molecular weight is 790 g/mol. The Hall–Kier alpha value is -4.74. The number of nitrogens with one attached hydrogen (secondary N) is 1. The summed E-state index contributed by atoms with van der Waals surface area (Å²) in [5.41, 5.74) is -3.35. The smallest absolute Gasteiger partial charge is 0.438 e. The number of carbonyl (C=O) groups excluding carboxylic acids is 4. The number of sulfonamides is 1. The molecule has 294 valence electrons. The first kappa shape index (κ1) is 38.5. The standard InChI is InChI=1S/C37H39F4N5O8S/c1-20-13-28(44-54-20)30(47)14-21-7-5-3-2-4-6-8-22-17-36(22,35(50)45-55(51,52)25-10-11-25)18-31(48)29-16-24(19-46(29)34(21)49)53-33-32(37(39,40)41)42-26-12-9-23(38)15-27(26)43-33/h6,8-9,12-13,15,21-22,24-25,29H,2-5,7,10-11,14,16-19H2,1H3,(H,45,50)/b8-6-/t21-,22-,24-,29+,36-/m1/s1. The van der Waals surface area contributed by atoms with Crippen LogP contribution >= 0.6 is 0 Å². The van der Waals surface area contributed by atoms with Gasteiger partial charge in [0, 0.05) is 37.3 Å². The number of hydrogen-bond donors (Lipinski definition) is 1. The molecule has 55 heavy (non-hydrogen) atoms. The van der Waals surface area contributed by atoms with Crippen LogP contribution in [0.25, 0.3) is 11.0 Å². The molecule has 3 aromatic rings. The third-order valence-electron chi connectivity index (χ3n) is 10.8. The van der Waals surface area contributed by atoms with Crippen LogP contribution in [0.5, 0.6) is 5.88 Å². The first-order valence-electron chi connectivity index (χ1n) is 18.3. The number of alkyl halides is 3. The molecule has 0 radical (unpaired) electrons. The number of ether oxygens (including phenoxy) is 1. The maximum absolute atomic E-state index is 14.5. The van der Waals surface area contributed by atoms with Gasteiger partial charge in [0.25, 0.3) is 0 Å². The van der Waals surface area contributed by atoms with Gasteiger partial charge in [0.15, 0.2) is 11.6 Å². The second-order valence-electron chi connectivity index (χ2n) is 15.0. The minimum Gasteiger partial charge on any atom is -0.471 e. The molecule has 2 aliphatic heterocycles. The number of aromatic nitrogens is 3. The molecule has 1 aromatic carbocycles. The molecule has 0 spiro atoms. The van der Waals surface area contributed by atoms with Crippen molar-refractivity contribution >= 4 is 44.4 Å². The van der Waals surface area contributed by atoms with E-state index >= 15 is 0 Å². The van der Waals surface area contributed by atoms with Gasteiger partial charge in [-0.2, -0.15) is 13.2 Å². The van der Waals surface area contributed by atoms with Gasteiger partial charge in [-0.3, -0.25) is 23.9 Å². The number of hydrogen-bond acceptors (Lipinski definition) is 11. The number of rotatable bonds is 8. The largest absolute Gasteiger partial charge is 0.471 e. The van der Waals surface area contributed by atoms with Crippen LogP contribution in [0.15, 0.2) is 40.9 Å². The van der Waals surface area contributed by atoms with E-state index in [1.54, 1.807) is 13.0 Å². The number of amides is 2. The van der Waals surface area contributed by atoms with Crippen molar-refractivity contribution in [2.75, 3.05) is 6.54 Å². The number of fused-ring (bicyclic) bond motifs is 3. The molecule has 3 fully saturated rings. The fraction of sp³-hybridized carbons (Fsp3) is 0.541. The summed E-state index contributed by atoms with van der Waals surface area (Å²) in [6.45, 7) is 1.22. The topological polar surface area (TPSA) is 179 Å². The molecule has 13 nitrogen and oxygen atoms in total. The molecule has 7 rings (SSSR count). The Kier molecular flexibility index (Phi) is 10.3. The van der Waals surface area contributed by atoms with Crippen LogP contribution in [0.3, 0.4) is 0 Å². The molecule has 4 aliphatic rings. The predicted molar refractivity (Wildman–Crippen MR) is 185 cm³/mol. The Morgan fingerprint density at radius 2 is 1.85 bits per heavy atom. The highest BCUT2D eigenvalue weighted by atomic mass is 32.2. The Morgan fingerprint density at radius 3 is 2.56 bits per heavy atom. The first-order chi connectivity index (χ1) is 26.0. The highest BCUT2D eigenvalue weighted by molar-refractivity contribution is 7.90.